The fourth-order valence-corrected chi connectivity index (χ4v) is 3.25. The van der Waals surface area contributed by atoms with Crippen molar-refractivity contribution < 1.29 is 24.2 Å². The average Bonchev–Trinajstić information content (AvgIpc) is 3.06. The maximum Gasteiger partial charge on any atom is 0.310 e. The van der Waals surface area contributed by atoms with E-state index in [1.54, 1.807) is 43.3 Å². The molecule has 4 atom stereocenters. The molecule has 3 N–H and O–H groups in total. The fourth-order valence-electron chi connectivity index (χ4n) is 3.25. The number of ether oxygens (including phenoxy) is 1. The number of hydrazine groups is 1. The highest BCUT2D eigenvalue weighted by Crippen LogP contribution is 2.46. The Morgan fingerprint density at radius 3 is 2.46 bits per heavy atom. The number of hydrogen-bond donors (Lipinski definition) is 3. The van der Waals surface area contributed by atoms with Gasteiger partial charge in [-0.05, 0) is 26.0 Å². The number of aliphatic carboxylic acids is 1. The lowest BCUT2D eigenvalue weighted by Crippen LogP contribution is -2.52. The van der Waals surface area contributed by atoms with Crippen LogP contribution in [0, 0.1) is 18.8 Å². The third-order valence-corrected chi connectivity index (χ3v) is 4.52. The van der Waals surface area contributed by atoms with E-state index >= 15 is 0 Å². The quantitative estimate of drug-likeness (QED) is 0.562. The summed E-state index contributed by atoms with van der Waals surface area (Å²) >= 11 is 0. The van der Waals surface area contributed by atoms with Crippen LogP contribution in [-0.2, 0) is 14.3 Å². The Kier molecular flexibility index (Phi) is 3.88. The Hall–Kier alpha value is -2.67. The summed E-state index contributed by atoms with van der Waals surface area (Å²) in [6, 6.07) is 6.85. The number of aryl methyl sites for hydroxylation is 1. The Morgan fingerprint density at radius 2 is 1.83 bits per heavy atom. The highest BCUT2D eigenvalue weighted by molar-refractivity contribution is 5.96. The molecule has 1 aromatic carbocycles. The number of carboxylic acid groups (broad SMARTS) is 1. The molecule has 0 radical (unpaired) electrons. The number of nitrogens with one attached hydrogen (secondary N) is 2. The second kappa shape index (κ2) is 5.76. The summed E-state index contributed by atoms with van der Waals surface area (Å²) in [6.07, 6.45) is 2.73. The van der Waals surface area contributed by atoms with E-state index in [0.29, 0.717) is 5.56 Å². The van der Waals surface area contributed by atoms with Crippen molar-refractivity contribution >= 4 is 17.8 Å². The minimum atomic E-state index is -1.10. The Labute approximate surface area is 138 Å². The van der Waals surface area contributed by atoms with Crippen molar-refractivity contribution in [3.63, 3.8) is 0 Å². The van der Waals surface area contributed by atoms with Gasteiger partial charge in [-0.2, -0.15) is 0 Å². The molecular formula is C17H18N2O5. The standard InChI is InChI=1S/C17H18N2O5/c1-9-3-5-10(6-4-9)14(20)18-19-15(21)13-12(16(22)23)11-7-8-17(13,2)24-11/h3-8,11-13H,1-2H3,(H,18,20)(H,19,21)(H,22,23)/t11-,12-,13+,17-/m1/s1. The largest absolute Gasteiger partial charge is 0.481 e. The molecule has 0 aliphatic carbocycles. The van der Waals surface area contributed by atoms with Gasteiger partial charge in [0.1, 0.15) is 5.92 Å². The molecule has 0 spiro atoms. The molecule has 2 bridgehead atoms. The van der Waals surface area contributed by atoms with Crippen LogP contribution in [0.25, 0.3) is 0 Å². The number of hydrogen-bond acceptors (Lipinski definition) is 4. The second-order valence-corrected chi connectivity index (χ2v) is 6.28. The van der Waals surface area contributed by atoms with Crippen molar-refractivity contribution in [1.82, 2.24) is 10.9 Å². The van der Waals surface area contributed by atoms with Crippen LogP contribution in [0.3, 0.4) is 0 Å². The van der Waals surface area contributed by atoms with Crippen LogP contribution in [0.5, 0.6) is 0 Å². The van der Waals surface area contributed by atoms with E-state index in [2.05, 4.69) is 10.9 Å². The normalized spacial score (nSPS) is 30.2. The molecule has 7 heteroatoms. The van der Waals surface area contributed by atoms with Crippen LogP contribution in [-0.4, -0.2) is 34.6 Å². The van der Waals surface area contributed by atoms with Crippen LogP contribution in [0.2, 0.25) is 0 Å². The van der Waals surface area contributed by atoms with Gasteiger partial charge in [0, 0.05) is 5.56 Å². The molecule has 2 amide bonds. The minimum Gasteiger partial charge on any atom is -0.481 e. The van der Waals surface area contributed by atoms with Crippen molar-refractivity contribution in [3.05, 3.63) is 47.5 Å². The lowest BCUT2D eigenvalue weighted by atomic mass is 9.76. The van der Waals surface area contributed by atoms with Gasteiger partial charge in [0.05, 0.1) is 17.6 Å². The van der Waals surface area contributed by atoms with Crippen molar-refractivity contribution in [2.45, 2.75) is 25.6 Å². The predicted molar refractivity (Wildman–Crippen MR) is 83.8 cm³/mol. The Balaban J connectivity index is 1.68. The predicted octanol–water partition coefficient (Wildman–Crippen LogP) is 0.800. The first-order chi connectivity index (χ1) is 11.3. The van der Waals surface area contributed by atoms with Gasteiger partial charge in [0.25, 0.3) is 5.91 Å². The summed E-state index contributed by atoms with van der Waals surface area (Å²) in [4.78, 5) is 35.9. The maximum absolute atomic E-state index is 12.4. The molecule has 126 valence electrons. The number of amides is 2. The second-order valence-electron chi connectivity index (χ2n) is 6.28. The molecule has 1 aromatic rings. The Bertz CT molecular complexity index is 727. The van der Waals surface area contributed by atoms with E-state index < -0.39 is 41.3 Å². The average molecular weight is 330 g/mol. The summed E-state index contributed by atoms with van der Waals surface area (Å²) < 4.78 is 5.61. The molecule has 24 heavy (non-hydrogen) atoms. The number of carboxylic acids is 1. The summed E-state index contributed by atoms with van der Waals surface area (Å²) in [5.74, 6) is -4.05. The SMILES string of the molecule is Cc1ccc(C(=O)NNC(=O)[C@@H]2[C@H](C(=O)O)[C@H]3C=C[C@@]2(C)O3)cc1. The smallest absolute Gasteiger partial charge is 0.310 e. The molecule has 7 nitrogen and oxygen atoms in total. The molecule has 2 aliphatic heterocycles. The molecular weight excluding hydrogens is 312 g/mol. The third kappa shape index (κ3) is 2.67. The van der Waals surface area contributed by atoms with Gasteiger partial charge in [0.2, 0.25) is 5.91 Å². The van der Waals surface area contributed by atoms with Crippen LogP contribution in [0.1, 0.15) is 22.8 Å². The van der Waals surface area contributed by atoms with Crippen molar-refractivity contribution in [1.29, 1.82) is 0 Å². The minimum absolute atomic E-state index is 0.394. The number of rotatable bonds is 3. The van der Waals surface area contributed by atoms with Crippen molar-refractivity contribution in [3.8, 4) is 0 Å². The first kappa shape index (κ1) is 16.2. The fraction of sp³-hybridized carbons (Fsp3) is 0.353. The topological polar surface area (TPSA) is 105 Å². The molecule has 1 saturated heterocycles. The van der Waals surface area contributed by atoms with E-state index in [4.69, 9.17) is 4.74 Å². The summed E-state index contributed by atoms with van der Waals surface area (Å²) in [5.41, 5.74) is 5.06. The van der Waals surface area contributed by atoms with E-state index in [1.165, 1.54) is 0 Å². The lowest BCUT2D eigenvalue weighted by molar-refractivity contribution is -0.147. The number of carbonyl (C=O) groups excluding carboxylic acids is 2. The molecule has 2 aliphatic rings. The first-order valence-corrected chi connectivity index (χ1v) is 7.59. The van der Waals surface area contributed by atoms with Crippen LogP contribution in [0.15, 0.2) is 36.4 Å². The number of fused-ring (bicyclic) bond motifs is 2. The van der Waals surface area contributed by atoms with E-state index in [1.807, 2.05) is 6.92 Å². The third-order valence-electron chi connectivity index (χ3n) is 4.52. The summed E-state index contributed by atoms with van der Waals surface area (Å²) in [5, 5.41) is 9.37. The number of carbonyl (C=O) groups is 3. The van der Waals surface area contributed by atoms with Gasteiger partial charge in [0.15, 0.2) is 0 Å². The summed E-state index contributed by atoms with van der Waals surface area (Å²) in [6.45, 7) is 3.57. The molecule has 2 heterocycles. The maximum atomic E-state index is 12.4. The zero-order valence-corrected chi connectivity index (χ0v) is 13.3. The molecule has 3 rings (SSSR count). The van der Waals surface area contributed by atoms with Gasteiger partial charge in [-0.15, -0.1) is 0 Å². The van der Waals surface area contributed by atoms with Gasteiger partial charge >= 0.3 is 5.97 Å². The van der Waals surface area contributed by atoms with Crippen molar-refractivity contribution in [2.24, 2.45) is 11.8 Å². The van der Waals surface area contributed by atoms with E-state index in [-0.39, 0.29) is 0 Å². The van der Waals surface area contributed by atoms with E-state index in [0.717, 1.165) is 5.56 Å². The van der Waals surface area contributed by atoms with Crippen LogP contribution in [0.4, 0.5) is 0 Å². The van der Waals surface area contributed by atoms with Crippen molar-refractivity contribution in [2.75, 3.05) is 0 Å². The summed E-state index contributed by atoms with van der Waals surface area (Å²) in [7, 11) is 0. The van der Waals surface area contributed by atoms with Gasteiger partial charge in [-0.3, -0.25) is 25.2 Å². The highest BCUT2D eigenvalue weighted by Gasteiger charge is 2.59. The molecule has 0 aromatic heterocycles. The zero-order valence-electron chi connectivity index (χ0n) is 13.3. The van der Waals surface area contributed by atoms with Gasteiger partial charge in [-0.1, -0.05) is 29.8 Å². The van der Waals surface area contributed by atoms with Gasteiger partial charge in [-0.25, -0.2) is 0 Å². The number of benzene rings is 1. The molecule has 0 saturated carbocycles. The first-order valence-electron chi connectivity index (χ1n) is 7.59. The van der Waals surface area contributed by atoms with E-state index in [9.17, 15) is 19.5 Å². The monoisotopic (exact) mass is 330 g/mol. The van der Waals surface area contributed by atoms with Crippen LogP contribution < -0.4 is 10.9 Å². The highest BCUT2D eigenvalue weighted by atomic mass is 16.5. The van der Waals surface area contributed by atoms with Crippen LogP contribution >= 0.6 is 0 Å². The molecule has 1 fully saturated rings. The molecule has 0 unspecified atom stereocenters. The van der Waals surface area contributed by atoms with Gasteiger partial charge < -0.3 is 9.84 Å². The lowest BCUT2D eigenvalue weighted by Gasteiger charge is -2.27. The zero-order chi connectivity index (χ0) is 17.5. The Morgan fingerprint density at radius 1 is 1.17 bits per heavy atom.